The first-order chi connectivity index (χ1) is 8.36. The van der Waals surface area contributed by atoms with Crippen molar-refractivity contribution in [3.8, 4) is 6.07 Å². The molecule has 0 amide bonds. The third-order valence-corrected chi connectivity index (χ3v) is 3.56. The molecule has 1 aliphatic rings. The van der Waals surface area contributed by atoms with Crippen LogP contribution in [0, 0.1) is 11.3 Å². The largest absolute Gasteiger partial charge is 0.366 e. The van der Waals surface area contributed by atoms with Crippen LogP contribution in [-0.2, 0) is 0 Å². The molecular weight excluding hydrogens is 210 g/mol. The van der Waals surface area contributed by atoms with Gasteiger partial charge >= 0.3 is 0 Å². The minimum absolute atomic E-state index is 0.555. The maximum absolute atomic E-state index is 9.12. The van der Waals surface area contributed by atoms with Gasteiger partial charge in [0.25, 0.3) is 0 Å². The summed E-state index contributed by atoms with van der Waals surface area (Å²) in [5, 5.41) is 9.12. The van der Waals surface area contributed by atoms with E-state index in [1.165, 1.54) is 32.1 Å². The average Bonchev–Trinajstić information content (AvgIpc) is 2.41. The van der Waals surface area contributed by atoms with E-state index in [0.29, 0.717) is 11.7 Å². The highest BCUT2D eigenvalue weighted by Gasteiger charge is 2.22. The van der Waals surface area contributed by atoms with Crippen LogP contribution in [-0.4, -0.2) is 17.6 Å². The molecule has 1 saturated carbocycles. The second-order valence-electron chi connectivity index (χ2n) is 4.56. The summed E-state index contributed by atoms with van der Waals surface area (Å²) >= 11 is 0. The number of anilines is 1. The molecule has 1 fully saturated rings. The molecule has 0 saturated heterocycles. The first-order valence-corrected chi connectivity index (χ1v) is 6.48. The molecule has 0 N–H and O–H groups in total. The van der Waals surface area contributed by atoms with Crippen LogP contribution in [0.1, 0.15) is 44.7 Å². The zero-order valence-corrected chi connectivity index (χ0v) is 10.4. The summed E-state index contributed by atoms with van der Waals surface area (Å²) < 4.78 is 0. The Hall–Kier alpha value is -1.56. The molecule has 1 aliphatic carbocycles. The first kappa shape index (κ1) is 11.9. The van der Waals surface area contributed by atoms with Crippen molar-refractivity contribution < 1.29 is 0 Å². The second-order valence-corrected chi connectivity index (χ2v) is 4.56. The fraction of sp³-hybridized carbons (Fsp3) is 0.571. The number of hydrogen-bond acceptors (Lipinski definition) is 3. The lowest BCUT2D eigenvalue weighted by atomic mass is 9.93. The summed E-state index contributed by atoms with van der Waals surface area (Å²) in [5.41, 5.74) is 1.56. The Bertz CT molecular complexity index is 402. The van der Waals surface area contributed by atoms with Gasteiger partial charge in [0.1, 0.15) is 6.07 Å². The van der Waals surface area contributed by atoms with Crippen LogP contribution >= 0.6 is 0 Å². The molecule has 90 valence electrons. The average molecular weight is 229 g/mol. The standard InChI is InChI=1S/C14H19N3/c1-2-17(12-7-4-3-5-8-12)14-9-6-10-16-13(14)11-15/h6,9-10,12H,2-5,7-8H2,1H3. The Morgan fingerprint density at radius 2 is 2.18 bits per heavy atom. The van der Waals surface area contributed by atoms with Crippen molar-refractivity contribution in [2.45, 2.75) is 45.1 Å². The molecule has 0 atom stereocenters. The van der Waals surface area contributed by atoms with Gasteiger partial charge in [-0.1, -0.05) is 19.3 Å². The highest BCUT2D eigenvalue weighted by Crippen LogP contribution is 2.28. The summed E-state index contributed by atoms with van der Waals surface area (Å²) in [6.07, 6.45) is 8.15. The highest BCUT2D eigenvalue weighted by molar-refractivity contribution is 5.56. The Morgan fingerprint density at radius 1 is 1.41 bits per heavy atom. The van der Waals surface area contributed by atoms with Crippen LogP contribution in [0.2, 0.25) is 0 Å². The van der Waals surface area contributed by atoms with Gasteiger partial charge in [-0.25, -0.2) is 4.98 Å². The van der Waals surface area contributed by atoms with Gasteiger partial charge in [-0.3, -0.25) is 0 Å². The Labute approximate surface area is 103 Å². The van der Waals surface area contributed by atoms with Crippen LogP contribution in [0.25, 0.3) is 0 Å². The molecule has 1 aromatic rings. The molecule has 1 heterocycles. The van der Waals surface area contributed by atoms with Crippen molar-refractivity contribution in [1.29, 1.82) is 5.26 Å². The molecular formula is C14H19N3. The normalized spacial score (nSPS) is 16.5. The third-order valence-electron chi connectivity index (χ3n) is 3.56. The van der Waals surface area contributed by atoms with Gasteiger partial charge in [-0.2, -0.15) is 5.26 Å². The van der Waals surface area contributed by atoms with Gasteiger partial charge in [0.2, 0.25) is 0 Å². The molecule has 1 aromatic heterocycles. The van der Waals surface area contributed by atoms with Crippen LogP contribution in [0.15, 0.2) is 18.3 Å². The molecule has 17 heavy (non-hydrogen) atoms. The van der Waals surface area contributed by atoms with Gasteiger partial charge in [0, 0.05) is 18.8 Å². The van der Waals surface area contributed by atoms with Crippen molar-refractivity contribution in [3.05, 3.63) is 24.0 Å². The number of aromatic nitrogens is 1. The fourth-order valence-corrected chi connectivity index (χ4v) is 2.73. The zero-order chi connectivity index (χ0) is 12.1. The van der Waals surface area contributed by atoms with E-state index in [2.05, 4.69) is 22.9 Å². The highest BCUT2D eigenvalue weighted by atomic mass is 15.2. The molecule has 3 nitrogen and oxygen atoms in total. The van der Waals surface area contributed by atoms with Crippen LogP contribution in [0.3, 0.4) is 0 Å². The fourth-order valence-electron chi connectivity index (χ4n) is 2.73. The van der Waals surface area contributed by atoms with Crippen LogP contribution < -0.4 is 4.90 Å². The summed E-state index contributed by atoms with van der Waals surface area (Å²) in [6, 6.07) is 6.72. The van der Waals surface area contributed by atoms with E-state index in [1.54, 1.807) is 6.20 Å². The zero-order valence-electron chi connectivity index (χ0n) is 10.4. The van der Waals surface area contributed by atoms with Gasteiger partial charge in [-0.15, -0.1) is 0 Å². The van der Waals surface area contributed by atoms with Crippen LogP contribution in [0.4, 0.5) is 5.69 Å². The number of pyridine rings is 1. The van der Waals surface area contributed by atoms with Crippen molar-refractivity contribution >= 4 is 5.69 Å². The van der Waals surface area contributed by atoms with E-state index in [0.717, 1.165) is 12.2 Å². The lowest BCUT2D eigenvalue weighted by Gasteiger charge is -2.35. The van der Waals surface area contributed by atoms with Gasteiger partial charge < -0.3 is 4.90 Å². The summed E-state index contributed by atoms with van der Waals surface area (Å²) in [5.74, 6) is 0. The molecule has 0 unspecified atom stereocenters. The Morgan fingerprint density at radius 3 is 2.82 bits per heavy atom. The third kappa shape index (κ3) is 2.58. The molecule has 0 spiro atoms. The lowest BCUT2D eigenvalue weighted by molar-refractivity contribution is 0.418. The molecule has 2 rings (SSSR count). The second kappa shape index (κ2) is 5.67. The number of nitriles is 1. The maximum Gasteiger partial charge on any atom is 0.163 e. The van der Waals surface area contributed by atoms with E-state index < -0.39 is 0 Å². The van der Waals surface area contributed by atoms with Crippen molar-refractivity contribution in [1.82, 2.24) is 4.98 Å². The summed E-state index contributed by atoms with van der Waals surface area (Å²) in [4.78, 5) is 6.51. The lowest BCUT2D eigenvalue weighted by Crippen LogP contribution is -2.37. The van der Waals surface area contributed by atoms with Crippen molar-refractivity contribution in [3.63, 3.8) is 0 Å². The van der Waals surface area contributed by atoms with E-state index >= 15 is 0 Å². The summed E-state index contributed by atoms with van der Waals surface area (Å²) in [6.45, 7) is 3.10. The minimum Gasteiger partial charge on any atom is -0.366 e. The predicted octanol–water partition coefficient (Wildman–Crippen LogP) is 3.11. The predicted molar refractivity (Wildman–Crippen MR) is 68.8 cm³/mol. The molecule has 0 bridgehead atoms. The Balaban J connectivity index is 2.25. The number of rotatable bonds is 3. The van der Waals surface area contributed by atoms with E-state index in [-0.39, 0.29) is 0 Å². The number of nitrogens with zero attached hydrogens (tertiary/aromatic N) is 3. The SMILES string of the molecule is CCN(c1cccnc1C#N)C1CCCCC1. The van der Waals surface area contributed by atoms with Gasteiger partial charge in [-0.05, 0) is 31.9 Å². The molecule has 0 radical (unpaired) electrons. The minimum atomic E-state index is 0.555. The molecule has 0 aromatic carbocycles. The molecule has 0 aliphatic heterocycles. The van der Waals surface area contributed by atoms with E-state index in [9.17, 15) is 0 Å². The molecule has 3 heteroatoms. The van der Waals surface area contributed by atoms with E-state index in [4.69, 9.17) is 5.26 Å². The van der Waals surface area contributed by atoms with Crippen molar-refractivity contribution in [2.75, 3.05) is 11.4 Å². The van der Waals surface area contributed by atoms with E-state index in [1.807, 2.05) is 12.1 Å². The summed E-state index contributed by atoms with van der Waals surface area (Å²) in [7, 11) is 0. The topological polar surface area (TPSA) is 39.9 Å². The quantitative estimate of drug-likeness (QED) is 0.799. The van der Waals surface area contributed by atoms with Crippen LogP contribution in [0.5, 0.6) is 0 Å². The van der Waals surface area contributed by atoms with Gasteiger partial charge in [0.15, 0.2) is 5.69 Å². The monoisotopic (exact) mass is 229 g/mol. The van der Waals surface area contributed by atoms with Crippen molar-refractivity contribution in [2.24, 2.45) is 0 Å². The first-order valence-electron chi connectivity index (χ1n) is 6.48. The maximum atomic E-state index is 9.12. The van der Waals surface area contributed by atoms with Gasteiger partial charge in [0.05, 0.1) is 5.69 Å². The number of hydrogen-bond donors (Lipinski definition) is 0. The smallest absolute Gasteiger partial charge is 0.163 e. The Kier molecular flexibility index (Phi) is 3.98.